The van der Waals surface area contributed by atoms with E-state index in [-0.39, 0.29) is 29.3 Å². The van der Waals surface area contributed by atoms with Crippen LogP contribution in [0.4, 0.5) is 0 Å². The number of rotatable bonds is 6. The molecule has 0 radical (unpaired) electrons. The lowest BCUT2D eigenvalue weighted by Gasteiger charge is -2.26. The molecule has 1 fully saturated rings. The van der Waals surface area contributed by atoms with Gasteiger partial charge in [0.2, 0.25) is 0 Å². The van der Waals surface area contributed by atoms with Gasteiger partial charge in [0.1, 0.15) is 0 Å². The molecule has 4 nitrogen and oxygen atoms in total. The second kappa shape index (κ2) is 7.37. The lowest BCUT2D eigenvalue weighted by Crippen LogP contribution is -2.39. The number of amides is 1. The molecule has 0 N–H and O–H groups in total. The van der Waals surface area contributed by atoms with Gasteiger partial charge in [0.25, 0.3) is 5.91 Å². The molecule has 2 rings (SSSR count). The lowest BCUT2D eigenvalue weighted by molar-refractivity contribution is -0.147. The van der Waals surface area contributed by atoms with E-state index in [9.17, 15) is 9.59 Å². The van der Waals surface area contributed by atoms with Gasteiger partial charge in [-0.2, -0.15) is 0 Å². The number of hydrogen-bond donors (Lipinski definition) is 0. The van der Waals surface area contributed by atoms with Gasteiger partial charge in [-0.1, -0.05) is 39.8 Å². The normalized spacial score (nSPS) is 15.7. The van der Waals surface area contributed by atoms with E-state index in [2.05, 4.69) is 20.8 Å². The maximum Gasteiger partial charge on any atom is 0.310 e. The van der Waals surface area contributed by atoms with E-state index in [1.165, 1.54) is 5.56 Å². The van der Waals surface area contributed by atoms with Crippen molar-refractivity contribution in [2.45, 2.75) is 58.9 Å². The Bertz CT molecular complexity index is 582. The number of ether oxygens (including phenoxy) is 1. The first-order chi connectivity index (χ1) is 11.2. The average molecular weight is 331 g/mol. The maximum atomic E-state index is 12.9. The Balaban J connectivity index is 2.10. The SMILES string of the molecule is CCOC(=O)C(C)CN(C(=O)c1ccc(C(C)(C)C)cc1)C1CC1. The van der Waals surface area contributed by atoms with E-state index in [0.29, 0.717) is 18.7 Å². The Morgan fingerprint density at radius 1 is 1.21 bits per heavy atom. The van der Waals surface area contributed by atoms with Crippen LogP contribution in [0, 0.1) is 5.92 Å². The summed E-state index contributed by atoms with van der Waals surface area (Å²) in [6.45, 7) is 10.9. The number of carbonyl (C=O) groups is 2. The van der Waals surface area contributed by atoms with Crippen molar-refractivity contribution in [2.24, 2.45) is 5.92 Å². The smallest absolute Gasteiger partial charge is 0.310 e. The summed E-state index contributed by atoms with van der Waals surface area (Å²) in [5, 5.41) is 0. The number of nitrogens with zero attached hydrogens (tertiary/aromatic N) is 1. The van der Waals surface area contributed by atoms with Gasteiger partial charge in [0, 0.05) is 18.2 Å². The van der Waals surface area contributed by atoms with Crippen LogP contribution in [0.1, 0.15) is 63.4 Å². The molecule has 1 amide bonds. The molecule has 1 saturated carbocycles. The topological polar surface area (TPSA) is 46.6 Å². The Morgan fingerprint density at radius 3 is 2.25 bits per heavy atom. The van der Waals surface area contributed by atoms with Gasteiger partial charge in [-0.05, 0) is 42.9 Å². The van der Waals surface area contributed by atoms with Gasteiger partial charge in [0.05, 0.1) is 12.5 Å². The van der Waals surface area contributed by atoms with Crippen LogP contribution in [0.5, 0.6) is 0 Å². The maximum absolute atomic E-state index is 12.9. The molecule has 4 heteroatoms. The molecule has 0 bridgehead atoms. The highest BCUT2D eigenvalue weighted by molar-refractivity contribution is 5.95. The highest BCUT2D eigenvalue weighted by Crippen LogP contribution is 2.30. The predicted molar refractivity (Wildman–Crippen MR) is 95.0 cm³/mol. The van der Waals surface area contributed by atoms with Crippen LogP contribution in [0.3, 0.4) is 0 Å². The summed E-state index contributed by atoms with van der Waals surface area (Å²) in [5.74, 6) is -0.531. The largest absolute Gasteiger partial charge is 0.466 e. The van der Waals surface area contributed by atoms with Crippen molar-refractivity contribution in [3.05, 3.63) is 35.4 Å². The molecule has 0 spiro atoms. The zero-order valence-electron chi connectivity index (χ0n) is 15.5. The zero-order chi connectivity index (χ0) is 17.9. The third kappa shape index (κ3) is 4.59. The second-order valence-corrected chi connectivity index (χ2v) is 7.67. The van der Waals surface area contributed by atoms with Crippen LogP contribution in [-0.4, -0.2) is 36.0 Å². The molecular formula is C20H29NO3. The molecule has 0 heterocycles. The van der Waals surface area contributed by atoms with Gasteiger partial charge in [-0.3, -0.25) is 9.59 Å². The second-order valence-electron chi connectivity index (χ2n) is 7.67. The van der Waals surface area contributed by atoms with Gasteiger partial charge in [-0.15, -0.1) is 0 Å². The minimum Gasteiger partial charge on any atom is -0.466 e. The van der Waals surface area contributed by atoms with Crippen LogP contribution < -0.4 is 0 Å². The third-order valence-corrected chi connectivity index (χ3v) is 4.41. The van der Waals surface area contributed by atoms with Crippen LogP contribution in [0.15, 0.2) is 24.3 Å². The average Bonchev–Trinajstić information content (AvgIpc) is 3.36. The third-order valence-electron chi connectivity index (χ3n) is 4.41. The Hall–Kier alpha value is -1.84. The van der Waals surface area contributed by atoms with Gasteiger partial charge in [0.15, 0.2) is 0 Å². The van der Waals surface area contributed by atoms with Crippen molar-refractivity contribution >= 4 is 11.9 Å². The molecule has 1 atom stereocenters. The van der Waals surface area contributed by atoms with Crippen molar-refractivity contribution in [2.75, 3.05) is 13.2 Å². The van der Waals surface area contributed by atoms with Crippen molar-refractivity contribution in [1.29, 1.82) is 0 Å². The van der Waals surface area contributed by atoms with E-state index in [1.54, 1.807) is 6.92 Å². The van der Waals surface area contributed by atoms with Gasteiger partial charge < -0.3 is 9.64 Å². The standard InChI is InChI=1S/C20H29NO3/c1-6-24-19(23)14(2)13-21(17-11-12-17)18(22)15-7-9-16(10-8-15)20(3,4)5/h7-10,14,17H,6,11-13H2,1-5H3. The molecule has 0 saturated heterocycles. The van der Waals surface area contributed by atoms with E-state index in [4.69, 9.17) is 4.74 Å². The predicted octanol–water partition coefficient (Wildman–Crippen LogP) is 3.79. The van der Waals surface area contributed by atoms with E-state index in [0.717, 1.165) is 12.8 Å². The summed E-state index contributed by atoms with van der Waals surface area (Å²) in [4.78, 5) is 26.6. The Kier molecular flexibility index (Phi) is 5.68. The highest BCUT2D eigenvalue weighted by Gasteiger charge is 2.35. The Labute approximate surface area is 145 Å². The highest BCUT2D eigenvalue weighted by atomic mass is 16.5. The summed E-state index contributed by atoms with van der Waals surface area (Å²) in [6.07, 6.45) is 2.03. The van der Waals surface area contributed by atoms with Crippen LogP contribution in [0.2, 0.25) is 0 Å². The van der Waals surface area contributed by atoms with Crippen LogP contribution in [-0.2, 0) is 14.9 Å². The van der Waals surface area contributed by atoms with Gasteiger partial charge >= 0.3 is 5.97 Å². The van der Waals surface area contributed by atoms with Crippen molar-refractivity contribution in [3.8, 4) is 0 Å². The molecule has 132 valence electrons. The summed E-state index contributed by atoms with van der Waals surface area (Å²) in [5.41, 5.74) is 1.96. The molecule has 1 aliphatic carbocycles. The first-order valence-electron chi connectivity index (χ1n) is 8.82. The monoisotopic (exact) mass is 331 g/mol. The minimum atomic E-state index is -0.302. The summed E-state index contributed by atoms with van der Waals surface area (Å²) >= 11 is 0. The molecule has 1 unspecified atom stereocenters. The lowest BCUT2D eigenvalue weighted by atomic mass is 9.86. The van der Waals surface area contributed by atoms with Gasteiger partial charge in [-0.25, -0.2) is 0 Å². The van der Waals surface area contributed by atoms with E-state index in [1.807, 2.05) is 36.1 Å². The fraction of sp³-hybridized carbons (Fsp3) is 0.600. The van der Waals surface area contributed by atoms with Crippen molar-refractivity contribution in [3.63, 3.8) is 0 Å². The molecule has 0 aromatic heterocycles. The molecule has 24 heavy (non-hydrogen) atoms. The summed E-state index contributed by atoms with van der Waals surface area (Å²) in [6, 6.07) is 8.09. The Morgan fingerprint density at radius 2 is 1.79 bits per heavy atom. The molecular weight excluding hydrogens is 302 g/mol. The van der Waals surface area contributed by atoms with E-state index < -0.39 is 0 Å². The summed E-state index contributed by atoms with van der Waals surface area (Å²) in [7, 11) is 0. The van der Waals surface area contributed by atoms with Crippen LogP contribution in [0.25, 0.3) is 0 Å². The molecule has 0 aliphatic heterocycles. The fourth-order valence-electron chi connectivity index (χ4n) is 2.72. The quantitative estimate of drug-likeness (QED) is 0.745. The molecule has 1 aromatic carbocycles. The number of esters is 1. The molecule has 1 aliphatic rings. The van der Waals surface area contributed by atoms with Crippen LogP contribution >= 0.6 is 0 Å². The van der Waals surface area contributed by atoms with Crippen molar-refractivity contribution < 1.29 is 14.3 Å². The molecule has 1 aromatic rings. The number of hydrogen-bond acceptors (Lipinski definition) is 3. The fourth-order valence-corrected chi connectivity index (χ4v) is 2.72. The zero-order valence-corrected chi connectivity index (χ0v) is 15.5. The van der Waals surface area contributed by atoms with Crippen molar-refractivity contribution in [1.82, 2.24) is 4.90 Å². The number of benzene rings is 1. The first-order valence-corrected chi connectivity index (χ1v) is 8.82. The van der Waals surface area contributed by atoms with E-state index >= 15 is 0 Å². The first kappa shape index (κ1) is 18.5. The summed E-state index contributed by atoms with van der Waals surface area (Å²) < 4.78 is 5.07. The number of carbonyl (C=O) groups excluding carboxylic acids is 2. The minimum absolute atomic E-state index is 0.00843.